The molecule has 39 heavy (non-hydrogen) atoms. The van der Waals surface area contributed by atoms with Crippen LogP contribution in [-0.4, -0.2) is 16.0 Å². The van der Waals surface area contributed by atoms with Crippen molar-refractivity contribution in [2.24, 2.45) is 0 Å². The molecule has 0 saturated heterocycles. The van der Waals surface area contributed by atoms with Crippen LogP contribution in [0.5, 0.6) is 5.75 Å². The summed E-state index contributed by atoms with van der Waals surface area (Å²) in [5, 5.41) is 0. The average Bonchev–Trinajstić information content (AvgIpc) is 3.52. The third kappa shape index (κ3) is 8.14. The number of unbranched alkanes of at least 4 members (excludes halogenated alkanes) is 10. The first-order valence-corrected chi connectivity index (χ1v) is 15.6. The van der Waals surface area contributed by atoms with Gasteiger partial charge in [0.05, 0.1) is 17.2 Å². The molecule has 0 atom stereocenters. The van der Waals surface area contributed by atoms with Gasteiger partial charge in [0.2, 0.25) is 5.82 Å². The molecule has 2 aromatic carbocycles. The molecule has 210 valence electrons. The van der Waals surface area contributed by atoms with Crippen LogP contribution in [0, 0.1) is 11.6 Å². The number of thiazole rings is 1. The van der Waals surface area contributed by atoms with E-state index in [2.05, 4.69) is 30.6 Å². The maximum atomic E-state index is 14.9. The van der Waals surface area contributed by atoms with Gasteiger partial charge in [-0.3, -0.25) is 4.40 Å². The van der Waals surface area contributed by atoms with Crippen LogP contribution in [-0.2, 0) is 6.42 Å². The second-order valence-corrected chi connectivity index (χ2v) is 11.5. The standard InChI is InChI=1S/C33H42F2N2OS/c1-3-5-7-9-11-13-15-27-23-37-24-30(39-33(37)36-27)26-18-16-25(17-19-26)28-20-21-29(32(35)31(28)34)38-22-14-12-10-8-6-4-2/h16-21,23-24H,3-15,22H2,1-2H3. The molecular formula is C33H42F2N2OS. The van der Waals surface area contributed by atoms with Crippen molar-refractivity contribution in [3.63, 3.8) is 0 Å². The first-order chi connectivity index (χ1) is 19.1. The minimum Gasteiger partial charge on any atom is -0.490 e. The highest BCUT2D eigenvalue weighted by atomic mass is 32.1. The summed E-state index contributed by atoms with van der Waals surface area (Å²) in [5.74, 6) is -1.80. The van der Waals surface area contributed by atoms with Gasteiger partial charge >= 0.3 is 0 Å². The molecule has 2 aromatic heterocycles. The first-order valence-electron chi connectivity index (χ1n) is 14.8. The number of fused-ring (bicyclic) bond motifs is 1. The molecule has 0 radical (unpaired) electrons. The molecule has 0 aliphatic rings. The molecule has 0 saturated carbocycles. The van der Waals surface area contributed by atoms with Gasteiger partial charge in [0.15, 0.2) is 16.5 Å². The van der Waals surface area contributed by atoms with Crippen LogP contribution in [0.3, 0.4) is 0 Å². The normalized spacial score (nSPS) is 11.5. The van der Waals surface area contributed by atoms with Crippen molar-refractivity contribution in [1.29, 1.82) is 0 Å². The van der Waals surface area contributed by atoms with E-state index < -0.39 is 11.6 Å². The molecule has 2 heterocycles. The van der Waals surface area contributed by atoms with Crippen molar-refractivity contribution in [3.05, 3.63) is 66.1 Å². The Morgan fingerprint density at radius 1 is 0.718 bits per heavy atom. The predicted octanol–water partition coefficient (Wildman–Crippen LogP) is 10.7. The van der Waals surface area contributed by atoms with E-state index in [9.17, 15) is 8.78 Å². The average molecular weight is 553 g/mol. The highest BCUT2D eigenvalue weighted by Gasteiger charge is 2.16. The lowest BCUT2D eigenvalue weighted by Crippen LogP contribution is -2.01. The van der Waals surface area contributed by atoms with Crippen molar-refractivity contribution < 1.29 is 13.5 Å². The zero-order valence-corrected chi connectivity index (χ0v) is 24.3. The lowest BCUT2D eigenvalue weighted by Gasteiger charge is -2.11. The highest BCUT2D eigenvalue weighted by Crippen LogP contribution is 2.33. The summed E-state index contributed by atoms with van der Waals surface area (Å²) in [6.07, 6.45) is 19.7. The number of aromatic nitrogens is 2. The summed E-state index contributed by atoms with van der Waals surface area (Å²) in [5.41, 5.74) is 3.06. The summed E-state index contributed by atoms with van der Waals surface area (Å²) in [7, 11) is 0. The summed E-state index contributed by atoms with van der Waals surface area (Å²) in [4.78, 5) is 6.89. The number of ether oxygens (including phenoxy) is 1. The Kier molecular flexibility index (Phi) is 11.4. The van der Waals surface area contributed by atoms with Crippen molar-refractivity contribution >= 4 is 16.3 Å². The van der Waals surface area contributed by atoms with Crippen LogP contribution in [0.2, 0.25) is 0 Å². The first kappa shape index (κ1) is 29.3. The SMILES string of the molecule is CCCCCCCCOc1ccc(-c2ccc(-c3cn4cc(CCCCCCCC)nc4s3)cc2)c(F)c1F. The van der Waals surface area contributed by atoms with Crippen LogP contribution in [0.1, 0.15) is 96.6 Å². The van der Waals surface area contributed by atoms with Crippen LogP contribution >= 0.6 is 11.3 Å². The number of imidazole rings is 1. The van der Waals surface area contributed by atoms with E-state index in [4.69, 9.17) is 9.72 Å². The molecule has 6 heteroatoms. The van der Waals surface area contributed by atoms with E-state index in [1.54, 1.807) is 17.4 Å². The molecule has 0 amide bonds. The van der Waals surface area contributed by atoms with E-state index in [-0.39, 0.29) is 11.3 Å². The Labute approximate surface area is 236 Å². The van der Waals surface area contributed by atoms with Crippen LogP contribution < -0.4 is 4.74 Å². The summed E-state index contributed by atoms with van der Waals surface area (Å²) in [6.45, 7) is 4.84. The molecule has 0 aliphatic carbocycles. The predicted molar refractivity (Wildman–Crippen MR) is 160 cm³/mol. The molecule has 0 aliphatic heterocycles. The van der Waals surface area contributed by atoms with Crippen LogP contribution in [0.4, 0.5) is 8.78 Å². The monoisotopic (exact) mass is 552 g/mol. The largest absolute Gasteiger partial charge is 0.490 e. The second kappa shape index (κ2) is 15.2. The Morgan fingerprint density at radius 2 is 1.36 bits per heavy atom. The second-order valence-electron chi connectivity index (χ2n) is 10.5. The molecule has 0 unspecified atom stereocenters. The highest BCUT2D eigenvalue weighted by molar-refractivity contribution is 7.20. The van der Waals surface area contributed by atoms with Crippen molar-refractivity contribution in [2.45, 2.75) is 97.3 Å². The zero-order valence-electron chi connectivity index (χ0n) is 23.5. The molecule has 3 nitrogen and oxygen atoms in total. The Hall–Kier alpha value is -2.73. The van der Waals surface area contributed by atoms with Crippen LogP contribution in [0.25, 0.3) is 26.5 Å². The molecule has 4 aromatic rings. The fourth-order valence-corrected chi connectivity index (χ4v) is 5.92. The Morgan fingerprint density at radius 3 is 2.05 bits per heavy atom. The smallest absolute Gasteiger partial charge is 0.201 e. The van der Waals surface area contributed by atoms with E-state index in [0.717, 1.165) is 46.8 Å². The third-order valence-electron chi connectivity index (χ3n) is 7.28. The summed E-state index contributed by atoms with van der Waals surface area (Å²) < 4.78 is 37.3. The lowest BCUT2D eigenvalue weighted by atomic mass is 10.0. The fourth-order valence-electron chi connectivity index (χ4n) is 4.93. The van der Waals surface area contributed by atoms with Gasteiger partial charge in [-0.25, -0.2) is 9.37 Å². The van der Waals surface area contributed by atoms with Gasteiger partial charge in [0.25, 0.3) is 0 Å². The van der Waals surface area contributed by atoms with Gasteiger partial charge in [0, 0.05) is 18.0 Å². The van der Waals surface area contributed by atoms with Gasteiger partial charge in [-0.15, -0.1) is 0 Å². The van der Waals surface area contributed by atoms with Gasteiger partial charge < -0.3 is 4.74 Å². The Bertz CT molecular complexity index is 1260. The van der Waals surface area contributed by atoms with Crippen molar-refractivity contribution in [2.75, 3.05) is 6.61 Å². The summed E-state index contributed by atoms with van der Waals surface area (Å²) >= 11 is 1.65. The number of rotatable bonds is 17. The van der Waals surface area contributed by atoms with E-state index in [1.165, 1.54) is 63.9 Å². The van der Waals surface area contributed by atoms with Gasteiger partial charge in [-0.1, -0.05) is 114 Å². The summed E-state index contributed by atoms with van der Waals surface area (Å²) in [6, 6.07) is 10.7. The number of aryl methyl sites for hydroxylation is 1. The third-order valence-corrected chi connectivity index (χ3v) is 8.32. The van der Waals surface area contributed by atoms with E-state index in [1.807, 2.05) is 24.3 Å². The van der Waals surface area contributed by atoms with Crippen molar-refractivity contribution in [3.8, 4) is 27.3 Å². The van der Waals surface area contributed by atoms with Gasteiger partial charge in [-0.2, -0.15) is 4.39 Å². The molecule has 4 rings (SSSR count). The Balaban J connectivity index is 1.33. The van der Waals surface area contributed by atoms with E-state index in [0.29, 0.717) is 12.2 Å². The maximum absolute atomic E-state index is 14.9. The van der Waals surface area contributed by atoms with E-state index >= 15 is 0 Å². The molecule has 0 N–H and O–H groups in total. The molecule has 0 fully saturated rings. The zero-order chi connectivity index (χ0) is 27.5. The molecule has 0 spiro atoms. The number of hydrogen-bond acceptors (Lipinski definition) is 3. The number of hydrogen-bond donors (Lipinski definition) is 0. The maximum Gasteiger partial charge on any atom is 0.201 e. The number of halogens is 2. The molecular weight excluding hydrogens is 510 g/mol. The number of benzene rings is 2. The lowest BCUT2D eigenvalue weighted by molar-refractivity contribution is 0.285. The molecule has 0 bridgehead atoms. The minimum absolute atomic E-state index is 0.0146. The quantitative estimate of drug-likeness (QED) is 0.122. The topological polar surface area (TPSA) is 26.5 Å². The van der Waals surface area contributed by atoms with Crippen LogP contribution in [0.15, 0.2) is 48.8 Å². The van der Waals surface area contributed by atoms with Crippen molar-refractivity contribution in [1.82, 2.24) is 9.38 Å². The fraction of sp³-hybridized carbons (Fsp3) is 0.485. The minimum atomic E-state index is -0.918. The van der Waals surface area contributed by atoms with Gasteiger partial charge in [0.1, 0.15) is 0 Å². The number of nitrogens with zero attached hydrogens (tertiary/aromatic N) is 2. The van der Waals surface area contributed by atoms with Gasteiger partial charge in [-0.05, 0) is 42.5 Å².